The van der Waals surface area contributed by atoms with E-state index >= 15 is 0 Å². The van der Waals surface area contributed by atoms with Gasteiger partial charge in [-0.15, -0.1) is 0 Å². The van der Waals surface area contributed by atoms with Crippen molar-refractivity contribution in [1.82, 2.24) is 0 Å². The molecule has 0 aromatic heterocycles. The third-order valence-corrected chi connectivity index (χ3v) is 2.49. The van der Waals surface area contributed by atoms with E-state index < -0.39 is 11.8 Å². The topological polar surface area (TPSA) is 84.3 Å². The molecule has 0 aliphatic heterocycles. The highest BCUT2D eigenvalue weighted by molar-refractivity contribution is 6.30. The summed E-state index contributed by atoms with van der Waals surface area (Å²) in [6.45, 7) is 1.72. The predicted molar refractivity (Wildman–Crippen MR) is 71.7 cm³/mol. The Morgan fingerprint density at radius 1 is 1.60 bits per heavy atom. The molecule has 0 bridgehead atoms. The summed E-state index contributed by atoms with van der Waals surface area (Å²) in [4.78, 5) is 14.1. The lowest BCUT2D eigenvalue weighted by Crippen LogP contribution is -2.05. The maximum absolute atomic E-state index is 13.4. The van der Waals surface area contributed by atoms with Gasteiger partial charge in [0.15, 0.2) is 0 Å². The minimum atomic E-state index is -0.817. The van der Waals surface area contributed by atoms with E-state index in [1.807, 2.05) is 0 Å². The molecule has 0 spiro atoms. The third-order valence-electron chi connectivity index (χ3n) is 2.20. The summed E-state index contributed by atoms with van der Waals surface area (Å²) in [6, 6.07) is 2.31. The number of carbonyl (C=O) groups excluding carboxylic acids is 1. The Bertz CT molecular complexity index is 598. The van der Waals surface area contributed by atoms with E-state index in [0.29, 0.717) is 0 Å². The van der Waals surface area contributed by atoms with Gasteiger partial charge in [-0.3, -0.25) is 0 Å². The molecule has 0 saturated carbocycles. The fraction of sp³-hybridized carbons (Fsp3) is 0.250. The number of hydrogen-bond acceptors (Lipinski definition) is 4. The van der Waals surface area contributed by atoms with Gasteiger partial charge < -0.3 is 9.47 Å². The van der Waals surface area contributed by atoms with Crippen molar-refractivity contribution < 1.29 is 18.7 Å². The van der Waals surface area contributed by atoms with Crippen molar-refractivity contribution in [1.29, 1.82) is 0 Å². The summed E-state index contributed by atoms with van der Waals surface area (Å²) in [5, 5.41) is 3.10. The Hall–Kier alpha value is -2.24. The van der Waals surface area contributed by atoms with Crippen LogP contribution in [0.3, 0.4) is 0 Å². The number of rotatable bonds is 5. The zero-order valence-corrected chi connectivity index (χ0v) is 11.5. The third kappa shape index (κ3) is 3.88. The van der Waals surface area contributed by atoms with Gasteiger partial charge in [0, 0.05) is 16.5 Å². The first kappa shape index (κ1) is 15.8. The molecule has 0 N–H and O–H groups in total. The highest BCUT2D eigenvalue weighted by Crippen LogP contribution is 2.28. The first-order valence-corrected chi connectivity index (χ1v) is 5.88. The van der Waals surface area contributed by atoms with Crippen molar-refractivity contribution in [2.45, 2.75) is 6.92 Å². The Labute approximate surface area is 119 Å². The zero-order chi connectivity index (χ0) is 15.1. The first-order chi connectivity index (χ1) is 9.53. The quantitative estimate of drug-likeness (QED) is 0.273. The molecule has 1 rings (SSSR count). The van der Waals surface area contributed by atoms with Crippen LogP contribution < -0.4 is 4.74 Å². The van der Waals surface area contributed by atoms with Gasteiger partial charge in [0.2, 0.25) is 0 Å². The van der Waals surface area contributed by atoms with Gasteiger partial charge in [0.05, 0.1) is 18.7 Å². The van der Waals surface area contributed by atoms with Gasteiger partial charge in [-0.25, -0.2) is 9.18 Å². The number of esters is 1. The largest absolute Gasteiger partial charge is 0.496 e. The molecule has 1 aromatic carbocycles. The maximum atomic E-state index is 13.4. The molecule has 0 aliphatic carbocycles. The van der Waals surface area contributed by atoms with Crippen LogP contribution in [0, 0.1) is 5.82 Å². The molecule has 20 heavy (non-hydrogen) atoms. The predicted octanol–water partition coefficient (Wildman–Crippen LogP) is 3.70. The highest BCUT2D eigenvalue weighted by atomic mass is 35.5. The van der Waals surface area contributed by atoms with Crippen molar-refractivity contribution in [3.63, 3.8) is 0 Å². The number of halogens is 2. The number of carbonyl (C=O) groups is 1. The number of nitrogens with zero attached hydrogens (tertiary/aromatic N) is 3. The number of benzene rings is 1. The van der Waals surface area contributed by atoms with E-state index in [0.717, 1.165) is 12.1 Å². The Morgan fingerprint density at radius 2 is 2.30 bits per heavy atom. The van der Waals surface area contributed by atoms with E-state index in [9.17, 15) is 9.18 Å². The first-order valence-electron chi connectivity index (χ1n) is 5.50. The maximum Gasteiger partial charge on any atom is 0.340 e. The van der Waals surface area contributed by atoms with Crippen LogP contribution in [0.15, 0.2) is 22.9 Å². The van der Waals surface area contributed by atoms with E-state index in [1.54, 1.807) is 6.92 Å². The van der Waals surface area contributed by atoms with Crippen LogP contribution in [0.1, 0.15) is 12.5 Å². The normalized spacial score (nSPS) is 10.7. The van der Waals surface area contributed by atoms with Gasteiger partial charge in [-0.2, -0.15) is 0 Å². The number of ether oxygens (including phenoxy) is 2. The molecule has 8 heteroatoms. The molecule has 6 nitrogen and oxygen atoms in total. The SMILES string of the molecule is CCOC(=O)/C(=C/c1cc(F)c(Cl)cc1OC)N=[N+]=[N-]. The van der Waals surface area contributed by atoms with Crippen LogP contribution in [0.2, 0.25) is 5.02 Å². The van der Waals surface area contributed by atoms with Crippen molar-refractivity contribution in [2.75, 3.05) is 13.7 Å². The molecule has 0 radical (unpaired) electrons. The minimum Gasteiger partial charge on any atom is -0.496 e. The molecule has 0 unspecified atom stereocenters. The van der Waals surface area contributed by atoms with Crippen molar-refractivity contribution in [3.8, 4) is 5.75 Å². The molecule has 0 aliphatic rings. The van der Waals surface area contributed by atoms with Crippen molar-refractivity contribution in [2.24, 2.45) is 5.11 Å². The van der Waals surface area contributed by atoms with Gasteiger partial charge >= 0.3 is 5.97 Å². The second-order valence-electron chi connectivity index (χ2n) is 3.45. The van der Waals surface area contributed by atoms with Crippen LogP contribution in [-0.2, 0) is 9.53 Å². The standard InChI is InChI=1S/C12H11ClFN3O3/c1-3-20-12(18)10(16-17-15)5-7-4-9(14)8(13)6-11(7)19-2/h4-6H,3H2,1-2H3/b10-5-. The Morgan fingerprint density at radius 3 is 2.85 bits per heavy atom. The summed E-state index contributed by atoms with van der Waals surface area (Å²) in [6.07, 6.45) is 1.16. The van der Waals surface area contributed by atoms with E-state index in [4.69, 9.17) is 26.6 Å². The average molecular weight is 300 g/mol. The molecule has 0 atom stereocenters. The monoisotopic (exact) mass is 299 g/mol. The van der Waals surface area contributed by atoms with Gasteiger partial charge in [0.25, 0.3) is 0 Å². The summed E-state index contributed by atoms with van der Waals surface area (Å²) in [7, 11) is 1.36. The van der Waals surface area contributed by atoms with E-state index in [-0.39, 0.29) is 28.6 Å². The lowest BCUT2D eigenvalue weighted by molar-refractivity contribution is -0.138. The van der Waals surface area contributed by atoms with Crippen LogP contribution in [-0.4, -0.2) is 19.7 Å². The van der Waals surface area contributed by atoms with Gasteiger partial charge in [0.1, 0.15) is 17.3 Å². The summed E-state index contributed by atoms with van der Waals surface area (Å²) in [5.74, 6) is -1.28. The van der Waals surface area contributed by atoms with E-state index in [1.165, 1.54) is 13.2 Å². The molecular weight excluding hydrogens is 289 g/mol. The summed E-state index contributed by atoms with van der Waals surface area (Å²) < 4.78 is 23.2. The second-order valence-corrected chi connectivity index (χ2v) is 3.85. The Balaban J connectivity index is 3.33. The molecule has 1 aromatic rings. The number of hydrogen-bond donors (Lipinski definition) is 0. The highest BCUT2D eigenvalue weighted by Gasteiger charge is 2.13. The van der Waals surface area contributed by atoms with Crippen LogP contribution >= 0.6 is 11.6 Å². The zero-order valence-electron chi connectivity index (χ0n) is 10.8. The summed E-state index contributed by atoms with van der Waals surface area (Å²) in [5.41, 5.74) is 8.33. The molecule has 0 saturated heterocycles. The Kier molecular flexibility index (Phi) is 5.83. The lowest BCUT2D eigenvalue weighted by atomic mass is 10.1. The molecular formula is C12H11ClFN3O3. The number of azide groups is 1. The molecule has 0 amide bonds. The molecule has 0 fully saturated rings. The fourth-order valence-electron chi connectivity index (χ4n) is 1.36. The summed E-state index contributed by atoms with van der Waals surface area (Å²) >= 11 is 5.63. The second kappa shape index (κ2) is 7.37. The number of methoxy groups -OCH3 is 1. The van der Waals surface area contributed by atoms with Crippen molar-refractivity contribution >= 4 is 23.6 Å². The van der Waals surface area contributed by atoms with Gasteiger partial charge in [-0.1, -0.05) is 16.7 Å². The van der Waals surface area contributed by atoms with Crippen LogP contribution in [0.4, 0.5) is 4.39 Å². The van der Waals surface area contributed by atoms with Crippen molar-refractivity contribution in [3.05, 3.63) is 44.7 Å². The fourth-order valence-corrected chi connectivity index (χ4v) is 1.52. The minimum absolute atomic E-state index is 0.114. The molecule has 106 valence electrons. The molecule has 0 heterocycles. The lowest BCUT2D eigenvalue weighted by Gasteiger charge is -2.07. The average Bonchev–Trinajstić information content (AvgIpc) is 2.42. The van der Waals surface area contributed by atoms with Gasteiger partial charge in [-0.05, 0) is 24.6 Å². The van der Waals surface area contributed by atoms with Crippen LogP contribution in [0.5, 0.6) is 5.75 Å². The van der Waals surface area contributed by atoms with Crippen LogP contribution in [0.25, 0.3) is 16.5 Å². The smallest absolute Gasteiger partial charge is 0.340 e. The van der Waals surface area contributed by atoms with E-state index in [2.05, 4.69) is 10.0 Å².